The molecule has 0 fully saturated rings. The standard InChI is InChI=1S/C22H26N4O2S/c1-5-28-21(25-22(29)24-18-9-7-6-8-15(18)2)17-10-11-19(20(12-17)27-4)26-13-16(3)23-14-26/h6-10,12-14,19H,5,11H2,1-4H3,(H,24,29). The number of nitrogens with zero attached hydrogens (tertiary/aromatic N) is 3. The predicted molar refractivity (Wildman–Crippen MR) is 120 cm³/mol. The fraction of sp³-hybridized carbons (Fsp3) is 0.318. The molecule has 0 spiro atoms. The van der Waals surface area contributed by atoms with E-state index in [9.17, 15) is 0 Å². The van der Waals surface area contributed by atoms with Gasteiger partial charge in [-0.1, -0.05) is 24.3 Å². The summed E-state index contributed by atoms with van der Waals surface area (Å²) in [5.74, 6) is 1.30. The second kappa shape index (κ2) is 9.52. The van der Waals surface area contributed by atoms with Gasteiger partial charge in [-0.05, 0) is 57.1 Å². The molecule has 1 unspecified atom stereocenters. The third kappa shape index (κ3) is 5.12. The number of rotatable bonds is 5. The summed E-state index contributed by atoms with van der Waals surface area (Å²) in [6, 6.07) is 8.00. The molecule has 1 aliphatic carbocycles. The van der Waals surface area contributed by atoms with E-state index in [1.165, 1.54) is 0 Å². The normalized spacial score (nSPS) is 16.7. The Morgan fingerprint density at radius 2 is 2.14 bits per heavy atom. The van der Waals surface area contributed by atoms with Gasteiger partial charge in [0.05, 0.1) is 31.8 Å². The van der Waals surface area contributed by atoms with Gasteiger partial charge in [0.2, 0.25) is 11.0 Å². The van der Waals surface area contributed by atoms with E-state index < -0.39 is 0 Å². The molecule has 6 nitrogen and oxygen atoms in total. The second-order valence-electron chi connectivity index (χ2n) is 6.72. The molecular weight excluding hydrogens is 384 g/mol. The number of methoxy groups -OCH3 is 1. The highest BCUT2D eigenvalue weighted by Gasteiger charge is 2.23. The van der Waals surface area contributed by atoms with Crippen LogP contribution in [0.15, 0.2) is 65.3 Å². The highest BCUT2D eigenvalue weighted by atomic mass is 32.1. The van der Waals surface area contributed by atoms with E-state index in [2.05, 4.69) is 25.9 Å². The van der Waals surface area contributed by atoms with Crippen molar-refractivity contribution in [3.8, 4) is 0 Å². The Kier molecular flexibility index (Phi) is 6.82. The van der Waals surface area contributed by atoms with Crippen LogP contribution in [0.3, 0.4) is 0 Å². The van der Waals surface area contributed by atoms with Crippen LogP contribution in [0.5, 0.6) is 0 Å². The van der Waals surface area contributed by atoms with Gasteiger partial charge in [0.25, 0.3) is 0 Å². The summed E-state index contributed by atoms with van der Waals surface area (Å²) in [4.78, 5) is 8.84. The van der Waals surface area contributed by atoms with Crippen molar-refractivity contribution >= 4 is 28.9 Å². The molecule has 1 aromatic carbocycles. The summed E-state index contributed by atoms with van der Waals surface area (Å²) in [6.45, 7) is 6.41. The molecule has 1 atom stereocenters. The lowest BCUT2D eigenvalue weighted by atomic mass is 10.0. The molecule has 1 aromatic heterocycles. The number of allylic oxidation sites excluding steroid dienone is 2. The number of imidazole rings is 1. The van der Waals surface area contributed by atoms with Crippen molar-refractivity contribution in [2.24, 2.45) is 4.99 Å². The number of aliphatic imine (C=N–C) groups is 1. The van der Waals surface area contributed by atoms with Crippen molar-refractivity contribution in [3.05, 3.63) is 71.5 Å². The number of aromatic nitrogens is 2. The largest absolute Gasteiger partial charge is 0.499 e. The van der Waals surface area contributed by atoms with Gasteiger partial charge in [-0.3, -0.25) is 0 Å². The van der Waals surface area contributed by atoms with Crippen LogP contribution in [0, 0.1) is 13.8 Å². The lowest BCUT2D eigenvalue weighted by Gasteiger charge is -2.24. The van der Waals surface area contributed by atoms with Gasteiger partial charge in [0, 0.05) is 17.5 Å². The predicted octanol–water partition coefficient (Wildman–Crippen LogP) is 4.73. The van der Waals surface area contributed by atoms with Gasteiger partial charge in [0.15, 0.2) is 0 Å². The lowest BCUT2D eigenvalue weighted by Crippen LogP contribution is -2.19. The highest BCUT2D eigenvalue weighted by molar-refractivity contribution is 7.80. The molecule has 7 heteroatoms. The summed E-state index contributed by atoms with van der Waals surface area (Å²) in [7, 11) is 1.67. The van der Waals surface area contributed by atoms with E-state index in [-0.39, 0.29) is 6.04 Å². The molecular formula is C22H26N4O2S. The molecule has 0 bridgehead atoms. The Bertz CT molecular complexity index is 975. The first-order chi connectivity index (χ1) is 14.0. The SMILES string of the molecule is CCOC(=NC(=S)Nc1ccccc1C)C1=CCC(n2cnc(C)c2)C(OC)=C1. The van der Waals surface area contributed by atoms with Crippen molar-refractivity contribution in [1.82, 2.24) is 9.55 Å². The molecule has 0 saturated heterocycles. The van der Waals surface area contributed by atoms with E-state index in [1.54, 1.807) is 7.11 Å². The molecule has 3 rings (SSSR count). The fourth-order valence-electron chi connectivity index (χ4n) is 3.15. The summed E-state index contributed by atoms with van der Waals surface area (Å²) >= 11 is 5.45. The fourth-order valence-corrected chi connectivity index (χ4v) is 3.34. The Labute approximate surface area is 177 Å². The van der Waals surface area contributed by atoms with Crippen LogP contribution in [-0.2, 0) is 9.47 Å². The number of para-hydroxylation sites is 1. The Morgan fingerprint density at radius 3 is 2.79 bits per heavy atom. The van der Waals surface area contributed by atoms with Crippen molar-refractivity contribution in [1.29, 1.82) is 0 Å². The van der Waals surface area contributed by atoms with Crippen LogP contribution in [-0.4, -0.2) is 34.3 Å². The van der Waals surface area contributed by atoms with Gasteiger partial charge < -0.3 is 19.4 Å². The number of ether oxygens (including phenoxy) is 2. The zero-order valence-corrected chi connectivity index (χ0v) is 18.0. The number of nitrogens with one attached hydrogen (secondary N) is 1. The van der Waals surface area contributed by atoms with E-state index in [0.717, 1.165) is 34.7 Å². The molecule has 152 valence electrons. The third-order valence-corrected chi connectivity index (χ3v) is 4.82. The molecule has 0 radical (unpaired) electrons. The smallest absolute Gasteiger partial charge is 0.223 e. The summed E-state index contributed by atoms with van der Waals surface area (Å²) in [6.07, 6.45) is 8.62. The molecule has 2 aromatic rings. The van der Waals surface area contributed by atoms with Crippen molar-refractivity contribution in [2.75, 3.05) is 19.0 Å². The van der Waals surface area contributed by atoms with Crippen LogP contribution in [0.25, 0.3) is 0 Å². The summed E-state index contributed by atoms with van der Waals surface area (Å²) < 4.78 is 13.5. The topological polar surface area (TPSA) is 60.7 Å². The van der Waals surface area contributed by atoms with Crippen LogP contribution in [0.2, 0.25) is 0 Å². The molecule has 0 saturated carbocycles. The van der Waals surface area contributed by atoms with Crippen LogP contribution in [0.4, 0.5) is 5.69 Å². The first-order valence-corrected chi connectivity index (χ1v) is 9.97. The van der Waals surface area contributed by atoms with E-state index in [1.807, 2.05) is 63.6 Å². The Morgan fingerprint density at radius 1 is 1.34 bits per heavy atom. The molecule has 1 N–H and O–H groups in total. The molecule has 1 heterocycles. The molecule has 29 heavy (non-hydrogen) atoms. The maximum atomic E-state index is 5.79. The highest BCUT2D eigenvalue weighted by Crippen LogP contribution is 2.30. The van der Waals surface area contributed by atoms with Crippen molar-refractivity contribution < 1.29 is 9.47 Å². The number of hydrogen-bond donors (Lipinski definition) is 1. The van der Waals surface area contributed by atoms with Gasteiger partial charge >= 0.3 is 0 Å². The number of anilines is 1. The summed E-state index contributed by atoms with van der Waals surface area (Å²) in [5.41, 5.74) is 3.85. The maximum absolute atomic E-state index is 5.79. The monoisotopic (exact) mass is 410 g/mol. The second-order valence-corrected chi connectivity index (χ2v) is 7.11. The lowest BCUT2D eigenvalue weighted by molar-refractivity contribution is 0.238. The third-order valence-electron chi connectivity index (χ3n) is 4.63. The minimum atomic E-state index is 0.0601. The van der Waals surface area contributed by atoms with Gasteiger partial charge in [-0.2, -0.15) is 4.99 Å². The minimum absolute atomic E-state index is 0.0601. The Hall–Kier alpha value is -2.93. The summed E-state index contributed by atoms with van der Waals surface area (Å²) in [5, 5.41) is 3.52. The van der Waals surface area contributed by atoms with Crippen LogP contribution < -0.4 is 5.32 Å². The van der Waals surface area contributed by atoms with E-state index >= 15 is 0 Å². The van der Waals surface area contributed by atoms with Crippen LogP contribution >= 0.6 is 12.2 Å². The molecule has 0 aliphatic heterocycles. The van der Waals surface area contributed by atoms with Gasteiger partial charge in [0.1, 0.15) is 5.76 Å². The molecule has 0 amide bonds. The molecule has 1 aliphatic rings. The first-order valence-electron chi connectivity index (χ1n) is 9.56. The quantitative estimate of drug-likeness (QED) is 0.439. The minimum Gasteiger partial charge on any atom is -0.499 e. The van der Waals surface area contributed by atoms with Gasteiger partial charge in [-0.15, -0.1) is 0 Å². The Balaban J connectivity index is 1.82. The van der Waals surface area contributed by atoms with Crippen molar-refractivity contribution in [3.63, 3.8) is 0 Å². The van der Waals surface area contributed by atoms with E-state index in [4.69, 9.17) is 21.7 Å². The number of thiocarbonyl (C=S) groups is 1. The maximum Gasteiger partial charge on any atom is 0.223 e. The number of aryl methyl sites for hydroxylation is 2. The zero-order chi connectivity index (χ0) is 20.8. The average Bonchev–Trinajstić information content (AvgIpc) is 3.15. The van der Waals surface area contributed by atoms with Crippen LogP contribution in [0.1, 0.15) is 30.6 Å². The zero-order valence-electron chi connectivity index (χ0n) is 17.2. The number of hydrogen-bond acceptors (Lipinski definition) is 4. The number of benzene rings is 1. The first kappa shape index (κ1) is 20.8. The van der Waals surface area contributed by atoms with Gasteiger partial charge in [-0.25, -0.2) is 4.98 Å². The average molecular weight is 411 g/mol. The van der Waals surface area contributed by atoms with E-state index in [0.29, 0.717) is 17.6 Å². The van der Waals surface area contributed by atoms with Crippen molar-refractivity contribution in [2.45, 2.75) is 33.2 Å².